The number of carbonyl (C=O) groups is 1. The highest BCUT2D eigenvalue weighted by Gasteiger charge is 2.41. The fourth-order valence-corrected chi connectivity index (χ4v) is 2.16. The lowest BCUT2D eigenvalue weighted by molar-refractivity contribution is -0.129. The molecule has 1 aliphatic rings. The van der Waals surface area contributed by atoms with E-state index in [9.17, 15) is 4.79 Å². The molecule has 0 bridgehead atoms. The Kier molecular flexibility index (Phi) is 3.73. The maximum atomic E-state index is 11.9. The van der Waals surface area contributed by atoms with E-state index in [2.05, 4.69) is 17.1 Å². The second-order valence-corrected chi connectivity index (χ2v) is 5.09. The molecule has 2 rings (SSSR count). The molecule has 1 saturated heterocycles. The Morgan fingerprint density at radius 3 is 2.94 bits per heavy atom. The zero-order valence-corrected chi connectivity index (χ0v) is 11.0. The summed E-state index contributed by atoms with van der Waals surface area (Å²) in [5, 5.41) is 2.86. The van der Waals surface area contributed by atoms with Crippen molar-refractivity contribution in [2.24, 2.45) is 5.73 Å². The molecule has 5 nitrogen and oxygen atoms in total. The Hall–Kier alpha value is -1.33. The van der Waals surface area contributed by atoms with Gasteiger partial charge in [-0.3, -0.25) is 9.69 Å². The summed E-state index contributed by atoms with van der Waals surface area (Å²) >= 11 is 0. The standard InChI is InChI=1S/C13H21N3O2/c1-3-13(14)8-16(9-13)10(2)12(17)15-7-11-5-4-6-18-11/h4-6,10H,3,7-9,14H2,1-2H3,(H,15,17). The van der Waals surface area contributed by atoms with E-state index < -0.39 is 0 Å². The first kappa shape index (κ1) is 13.1. The molecule has 0 aliphatic carbocycles. The molecule has 0 saturated carbocycles. The average Bonchev–Trinajstić information content (AvgIpc) is 2.84. The Balaban J connectivity index is 1.76. The number of likely N-dealkylation sites (tertiary alicyclic amines) is 1. The number of amides is 1. The van der Waals surface area contributed by atoms with E-state index in [1.807, 2.05) is 19.1 Å². The topological polar surface area (TPSA) is 71.5 Å². The molecule has 100 valence electrons. The summed E-state index contributed by atoms with van der Waals surface area (Å²) in [6, 6.07) is 3.52. The Morgan fingerprint density at radius 2 is 2.39 bits per heavy atom. The molecular formula is C13H21N3O2. The summed E-state index contributed by atoms with van der Waals surface area (Å²) in [7, 11) is 0. The zero-order chi connectivity index (χ0) is 13.2. The van der Waals surface area contributed by atoms with Crippen LogP contribution in [0, 0.1) is 0 Å². The van der Waals surface area contributed by atoms with E-state index in [0.29, 0.717) is 6.54 Å². The normalized spacial score (nSPS) is 20.2. The number of nitrogens with zero attached hydrogens (tertiary/aromatic N) is 1. The molecule has 1 aromatic rings. The predicted molar refractivity (Wildman–Crippen MR) is 68.8 cm³/mol. The van der Waals surface area contributed by atoms with Crippen molar-refractivity contribution < 1.29 is 9.21 Å². The minimum absolute atomic E-state index is 0.0181. The van der Waals surface area contributed by atoms with Crippen molar-refractivity contribution in [2.45, 2.75) is 38.4 Å². The summed E-state index contributed by atoms with van der Waals surface area (Å²) in [4.78, 5) is 14.0. The van der Waals surface area contributed by atoms with Crippen LogP contribution in [0.1, 0.15) is 26.0 Å². The van der Waals surface area contributed by atoms with E-state index in [1.165, 1.54) is 0 Å². The highest BCUT2D eigenvalue weighted by atomic mass is 16.3. The molecule has 18 heavy (non-hydrogen) atoms. The molecule has 2 heterocycles. The molecule has 1 amide bonds. The van der Waals surface area contributed by atoms with Crippen molar-refractivity contribution in [3.8, 4) is 0 Å². The Bertz CT molecular complexity index is 396. The van der Waals surface area contributed by atoms with Gasteiger partial charge in [-0.05, 0) is 25.5 Å². The molecule has 1 aromatic heterocycles. The lowest BCUT2D eigenvalue weighted by atomic mass is 9.87. The highest BCUT2D eigenvalue weighted by molar-refractivity contribution is 5.81. The van der Waals surface area contributed by atoms with E-state index in [-0.39, 0.29) is 17.5 Å². The fourth-order valence-electron chi connectivity index (χ4n) is 2.16. The Morgan fingerprint density at radius 1 is 1.67 bits per heavy atom. The number of carbonyl (C=O) groups excluding carboxylic acids is 1. The van der Waals surface area contributed by atoms with Crippen molar-refractivity contribution in [1.82, 2.24) is 10.2 Å². The van der Waals surface area contributed by atoms with Crippen LogP contribution in [0.2, 0.25) is 0 Å². The average molecular weight is 251 g/mol. The SMILES string of the molecule is CCC1(N)CN(C(C)C(=O)NCc2ccco2)C1. The molecule has 5 heteroatoms. The van der Waals surface area contributed by atoms with Gasteiger partial charge >= 0.3 is 0 Å². The monoisotopic (exact) mass is 251 g/mol. The number of rotatable bonds is 5. The third-order valence-corrected chi connectivity index (χ3v) is 3.68. The van der Waals surface area contributed by atoms with Crippen LogP contribution in [-0.2, 0) is 11.3 Å². The second kappa shape index (κ2) is 5.12. The van der Waals surface area contributed by atoms with E-state index >= 15 is 0 Å². The number of nitrogens with two attached hydrogens (primary N) is 1. The van der Waals surface area contributed by atoms with Gasteiger partial charge in [-0.25, -0.2) is 0 Å². The summed E-state index contributed by atoms with van der Waals surface area (Å²) in [6.07, 6.45) is 2.55. The van der Waals surface area contributed by atoms with Crippen molar-refractivity contribution >= 4 is 5.91 Å². The van der Waals surface area contributed by atoms with Crippen LogP contribution in [-0.4, -0.2) is 35.5 Å². The van der Waals surface area contributed by atoms with E-state index in [1.54, 1.807) is 6.26 Å². The van der Waals surface area contributed by atoms with Crippen LogP contribution in [0.4, 0.5) is 0 Å². The van der Waals surface area contributed by atoms with Crippen molar-refractivity contribution in [3.05, 3.63) is 24.2 Å². The summed E-state index contributed by atoms with van der Waals surface area (Å²) in [6.45, 7) is 6.01. The summed E-state index contributed by atoms with van der Waals surface area (Å²) in [5.74, 6) is 0.783. The highest BCUT2D eigenvalue weighted by Crippen LogP contribution is 2.23. The first-order valence-corrected chi connectivity index (χ1v) is 6.37. The number of hydrogen-bond acceptors (Lipinski definition) is 4. The van der Waals surface area contributed by atoms with Crippen LogP contribution in [0.15, 0.2) is 22.8 Å². The number of furan rings is 1. The fraction of sp³-hybridized carbons (Fsp3) is 0.615. The lowest BCUT2D eigenvalue weighted by Crippen LogP contribution is -2.70. The Labute approximate surface area is 107 Å². The summed E-state index contributed by atoms with van der Waals surface area (Å²) in [5.41, 5.74) is 5.99. The van der Waals surface area contributed by atoms with Crippen LogP contribution in [0.25, 0.3) is 0 Å². The molecule has 0 radical (unpaired) electrons. The van der Waals surface area contributed by atoms with Gasteiger partial charge in [-0.1, -0.05) is 6.92 Å². The minimum atomic E-state index is -0.136. The predicted octanol–water partition coefficient (Wildman–Crippen LogP) is 0.707. The number of nitrogens with one attached hydrogen (secondary N) is 1. The maximum absolute atomic E-state index is 11.9. The van der Waals surface area contributed by atoms with Crippen molar-refractivity contribution in [1.29, 1.82) is 0 Å². The largest absolute Gasteiger partial charge is 0.467 e. The van der Waals surface area contributed by atoms with Gasteiger partial charge in [0.25, 0.3) is 0 Å². The third-order valence-electron chi connectivity index (χ3n) is 3.68. The lowest BCUT2D eigenvalue weighted by Gasteiger charge is -2.49. The van der Waals surface area contributed by atoms with Crippen molar-refractivity contribution in [3.63, 3.8) is 0 Å². The van der Waals surface area contributed by atoms with Gasteiger partial charge in [0.05, 0.1) is 18.8 Å². The van der Waals surface area contributed by atoms with Gasteiger partial charge in [0.1, 0.15) is 5.76 Å². The van der Waals surface area contributed by atoms with Crippen molar-refractivity contribution in [2.75, 3.05) is 13.1 Å². The third kappa shape index (κ3) is 2.73. The van der Waals surface area contributed by atoms with Crippen LogP contribution in [0.5, 0.6) is 0 Å². The van der Waals surface area contributed by atoms with E-state index in [0.717, 1.165) is 25.3 Å². The van der Waals surface area contributed by atoms with Gasteiger partial charge in [-0.2, -0.15) is 0 Å². The zero-order valence-electron chi connectivity index (χ0n) is 11.0. The molecule has 0 spiro atoms. The quantitative estimate of drug-likeness (QED) is 0.808. The second-order valence-electron chi connectivity index (χ2n) is 5.09. The van der Waals surface area contributed by atoms with Gasteiger partial charge in [0, 0.05) is 18.6 Å². The molecule has 0 aromatic carbocycles. The first-order valence-electron chi connectivity index (χ1n) is 6.37. The van der Waals surface area contributed by atoms with E-state index in [4.69, 9.17) is 10.2 Å². The van der Waals surface area contributed by atoms with Gasteiger partial charge in [-0.15, -0.1) is 0 Å². The van der Waals surface area contributed by atoms with Crippen LogP contribution >= 0.6 is 0 Å². The molecule has 1 atom stereocenters. The van der Waals surface area contributed by atoms with Gasteiger partial charge in [0.15, 0.2) is 0 Å². The number of hydrogen-bond donors (Lipinski definition) is 2. The van der Waals surface area contributed by atoms with Crippen LogP contribution < -0.4 is 11.1 Å². The molecule has 1 unspecified atom stereocenters. The van der Waals surface area contributed by atoms with Gasteiger partial charge < -0.3 is 15.5 Å². The van der Waals surface area contributed by atoms with Gasteiger partial charge in [0.2, 0.25) is 5.91 Å². The van der Waals surface area contributed by atoms with Crippen LogP contribution in [0.3, 0.4) is 0 Å². The molecule has 1 aliphatic heterocycles. The molecule has 3 N–H and O–H groups in total. The molecular weight excluding hydrogens is 230 g/mol. The first-order chi connectivity index (χ1) is 8.54. The maximum Gasteiger partial charge on any atom is 0.237 e. The summed E-state index contributed by atoms with van der Waals surface area (Å²) < 4.78 is 5.17. The molecule has 1 fully saturated rings. The smallest absolute Gasteiger partial charge is 0.237 e. The minimum Gasteiger partial charge on any atom is -0.467 e.